The molecule has 7 rings (SSSR count). The van der Waals surface area contributed by atoms with E-state index in [0.29, 0.717) is 50.0 Å². The summed E-state index contributed by atoms with van der Waals surface area (Å²) in [6.45, 7) is 0.862. The molecule has 0 radical (unpaired) electrons. The number of aromatic nitrogens is 2. The lowest BCUT2D eigenvalue weighted by Crippen LogP contribution is -2.41. The number of anilines is 2. The minimum Gasteiger partial charge on any atom is -0.322 e. The number of hydrogen-bond donors (Lipinski definition) is 1. The van der Waals surface area contributed by atoms with Crippen LogP contribution >= 0.6 is 0 Å². The fourth-order valence-corrected chi connectivity index (χ4v) is 7.00. The van der Waals surface area contributed by atoms with Crippen molar-refractivity contribution in [2.24, 2.45) is 16.7 Å². The quantitative estimate of drug-likeness (QED) is 0.518. The summed E-state index contributed by atoms with van der Waals surface area (Å²) in [5.74, 6) is -2.96. The molecule has 3 fully saturated rings. The van der Waals surface area contributed by atoms with E-state index in [2.05, 4.69) is 10.4 Å². The second-order valence-corrected chi connectivity index (χ2v) is 11.1. The van der Waals surface area contributed by atoms with Crippen LogP contribution in [0.15, 0.2) is 54.7 Å². The van der Waals surface area contributed by atoms with Crippen LogP contribution in [0.2, 0.25) is 0 Å². The van der Waals surface area contributed by atoms with E-state index in [1.54, 1.807) is 33.8 Å². The summed E-state index contributed by atoms with van der Waals surface area (Å²) in [7, 11) is 0. The maximum absolute atomic E-state index is 14.3. The summed E-state index contributed by atoms with van der Waals surface area (Å²) >= 11 is 0. The molecule has 3 aliphatic carbocycles. The molecule has 0 bridgehead atoms. The molecule has 192 valence electrons. The van der Waals surface area contributed by atoms with Crippen LogP contribution in [-0.2, 0) is 13.0 Å². The first kappa shape index (κ1) is 23.1. The van der Waals surface area contributed by atoms with E-state index in [9.17, 15) is 18.4 Å². The Labute approximate surface area is 218 Å². The van der Waals surface area contributed by atoms with Crippen molar-refractivity contribution in [1.82, 2.24) is 9.78 Å². The van der Waals surface area contributed by atoms with E-state index in [-0.39, 0.29) is 23.1 Å². The lowest BCUT2D eigenvalue weighted by molar-refractivity contribution is 0.00136. The molecule has 2 heterocycles. The van der Waals surface area contributed by atoms with Gasteiger partial charge in [-0.15, -0.1) is 0 Å². The fraction of sp³-hybridized carbons (Fsp3) is 0.379. The van der Waals surface area contributed by atoms with Crippen LogP contribution in [0.3, 0.4) is 0 Å². The number of nitriles is 1. The molecule has 1 aliphatic heterocycles. The fourth-order valence-electron chi connectivity index (χ4n) is 7.00. The molecule has 3 aromatic rings. The van der Waals surface area contributed by atoms with E-state index in [0.717, 1.165) is 17.7 Å². The number of amides is 2. The van der Waals surface area contributed by atoms with Crippen molar-refractivity contribution < 1.29 is 18.4 Å². The molecule has 1 N–H and O–H groups in total. The smallest absolute Gasteiger partial charge is 0.277 e. The molecule has 2 spiro atoms. The second-order valence-electron chi connectivity index (χ2n) is 11.1. The Morgan fingerprint density at radius 3 is 2.55 bits per heavy atom. The third-order valence-corrected chi connectivity index (χ3v) is 9.17. The minimum absolute atomic E-state index is 0.169. The van der Waals surface area contributed by atoms with Gasteiger partial charge in [0.15, 0.2) is 0 Å². The number of nitrogens with one attached hydrogen (secondary N) is 1. The van der Waals surface area contributed by atoms with Crippen molar-refractivity contribution in [3.05, 3.63) is 77.1 Å². The minimum atomic E-state index is -2.46. The van der Waals surface area contributed by atoms with Gasteiger partial charge < -0.3 is 10.2 Å². The maximum Gasteiger partial charge on any atom is 0.277 e. The Balaban J connectivity index is 1.03. The number of carbonyl (C=O) groups is 2. The Hall–Kier alpha value is -4.06. The highest BCUT2D eigenvalue weighted by atomic mass is 19.3. The first-order valence-corrected chi connectivity index (χ1v) is 12.9. The summed E-state index contributed by atoms with van der Waals surface area (Å²) < 4.78 is 30.1. The molecule has 4 aliphatic rings. The largest absolute Gasteiger partial charge is 0.322 e. The molecular formula is C29H25F2N5O2. The monoisotopic (exact) mass is 513 g/mol. The third-order valence-electron chi connectivity index (χ3n) is 9.17. The Morgan fingerprint density at radius 1 is 1.11 bits per heavy atom. The van der Waals surface area contributed by atoms with Gasteiger partial charge in [-0.1, -0.05) is 18.2 Å². The van der Waals surface area contributed by atoms with Crippen molar-refractivity contribution in [1.29, 1.82) is 5.26 Å². The van der Waals surface area contributed by atoms with Gasteiger partial charge in [-0.2, -0.15) is 10.4 Å². The molecule has 0 atom stereocenters. The van der Waals surface area contributed by atoms with Crippen LogP contribution in [0.1, 0.15) is 57.7 Å². The van der Waals surface area contributed by atoms with Crippen LogP contribution in [0.5, 0.6) is 0 Å². The van der Waals surface area contributed by atoms with Gasteiger partial charge in [-0.3, -0.25) is 14.3 Å². The van der Waals surface area contributed by atoms with Crippen LogP contribution in [0.4, 0.5) is 20.2 Å². The number of fused-ring (bicyclic) bond motifs is 2. The standard InChI is InChI=1S/C29H25F2N5O2/c30-29(31)27(8-9-27)28(29)14-20(15-28)12-18-4-6-22(7-5-18)35-10-11-36-24(26(35)38)23(17-33-36)25(37)34-21-3-1-2-19(13-21)16-32/h1-7,13,17,20H,8-12,14-15H2,(H,34,37). The first-order chi connectivity index (χ1) is 18.3. The molecule has 0 saturated heterocycles. The molecule has 3 saturated carbocycles. The summed E-state index contributed by atoms with van der Waals surface area (Å²) in [5.41, 5.74) is 1.69. The molecule has 7 nitrogen and oxygen atoms in total. The molecule has 9 heteroatoms. The summed E-state index contributed by atoms with van der Waals surface area (Å²) in [4.78, 5) is 28.1. The highest BCUT2D eigenvalue weighted by Gasteiger charge is 2.97. The van der Waals surface area contributed by atoms with Crippen LogP contribution < -0.4 is 10.2 Å². The Kier molecular flexibility index (Phi) is 4.70. The lowest BCUT2D eigenvalue weighted by Gasteiger charge is -2.37. The molecule has 0 unspecified atom stereocenters. The normalized spacial score (nSPS) is 25.4. The summed E-state index contributed by atoms with van der Waals surface area (Å²) in [6, 6.07) is 16.3. The first-order valence-electron chi connectivity index (χ1n) is 12.9. The second kappa shape index (κ2) is 7.73. The zero-order chi connectivity index (χ0) is 26.3. The van der Waals surface area contributed by atoms with Crippen molar-refractivity contribution >= 4 is 23.2 Å². The summed E-state index contributed by atoms with van der Waals surface area (Å²) in [5, 5.41) is 16.1. The molecule has 2 aromatic carbocycles. The van der Waals surface area contributed by atoms with Gasteiger partial charge in [-0.05, 0) is 73.9 Å². The van der Waals surface area contributed by atoms with Crippen molar-refractivity contribution in [3.8, 4) is 6.07 Å². The van der Waals surface area contributed by atoms with Crippen LogP contribution in [0.25, 0.3) is 0 Å². The maximum atomic E-state index is 14.3. The number of benzene rings is 2. The van der Waals surface area contributed by atoms with Crippen molar-refractivity contribution in [2.75, 3.05) is 16.8 Å². The van der Waals surface area contributed by atoms with Gasteiger partial charge in [0, 0.05) is 28.7 Å². The molecule has 38 heavy (non-hydrogen) atoms. The van der Waals surface area contributed by atoms with E-state index in [1.165, 1.54) is 6.20 Å². The number of alkyl halides is 2. The topological polar surface area (TPSA) is 91.0 Å². The number of carbonyl (C=O) groups excluding carboxylic acids is 2. The molecule has 2 amide bonds. The average molecular weight is 514 g/mol. The van der Waals surface area contributed by atoms with Gasteiger partial charge in [0.25, 0.3) is 17.7 Å². The zero-order valence-electron chi connectivity index (χ0n) is 20.6. The highest BCUT2D eigenvalue weighted by molar-refractivity contribution is 6.15. The van der Waals surface area contributed by atoms with Crippen molar-refractivity contribution in [3.63, 3.8) is 0 Å². The van der Waals surface area contributed by atoms with Gasteiger partial charge >= 0.3 is 0 Å². The van der Waals surface area contributed by atoms with E-state index in [1.807, 2.05) is 30.3 Å². The Bertz CT molecular complexity index is 1520. The van der Waals surface area contributed by atoms with E-state index < -0.39 is 22.7 Å². The third kappa shape index (κ3) is 3.06. The highest BCUT2D eigenvalue weighted by Crippen LogP contribution is 2.93. The van der Waals surface area contributed by atoms with E-state index in [4.69, 9.17) is 5.26 Å². The number of rotatable bonds is 5. The SMILES string of the molecule is N#Cc1cccc(NC(=O)c2cnn3c2C(=O)N(c2ccc(CC4CC5(C4)C(F)(F)C54CC4)cc2)CC3)c1. The van der Waals surface area contributed by atoms with Crippen LogP contribution in [-0.4, -0.2) is 34.1 Å². The van der Waals surface area contributed by atoms with E-state index >= 15 is 0 Å². The number of hydrogen-bond acceptors (Lipinski definition) is 4. The predicted molar refractivity (Wildman–Crippen MR) is 135 cm³/mol. The van der Waals surface area contributed by atoms with Gasteiger partial charge in [0.2, 0.25) is 0 Å². The predicted octanol–water partition coefficient (Wildman–Crippen LogP) is 5.04. The number of halogens is 2. The van der Waals surface area contributed by atoms with Crippen molar-refractivity contribution in [2.45, 2.75) is 44.6 Å². The molecule has 1 aromatic heterocycles. The average Bonchev–Trinajstić information content (AvgIpc) is 3.69. The van der Waals surface area contributed by atoms with Crippen LogP contribution in [0, 0.1) is 28.1 Å². The number of nitrogens with zero attached hydrogens (tertiary/aromatic N) is 4. The lowest BCUT2D eigenvalue weighted by atomic mass is 9.67. The Morgan fingerprint density at radius 2 is 1.87 bits per heavy atom. The summed E-state index contributed by atoms with van der Waals surface area (Å²) in [6.07, 6.45) is 4.75. The van der Waals surface area contributed by atoms with Gasteiger partial charge in [-0.25, -0.2) is 8.78 Å². The zero-order valence-corrected chi connectivity index (χ0v) is 20.6. The van der Waals surface area contributed by atoms with Gasteiger partial charge in [0.05, 0.1) is 29.9 Å². The van der Waals surface area contributed by atoms with Gasteiger partial charge in [0.1, 0.15) is 5.69 Å². The molecular weight excluding hydrogens is 488 g/mol.